The lowest BCUT2D eigenvalue weighted by Gasteiger charge is -1.98. The van der Waals surface area contributed by atoms with Crippen molar-refractivity contribution >= 4 is 22.6 Å². The molecule has 0 aliphatic rings. The third-order valence-corrected chi connectivity index (χ3v) is 1.77. The minimum Gasteiger partial charge on any atom is -0.314 e. The van der Waals surface area contributed by atoms with Gasteiger partial charge in [-0.1, -0.05) is 22.6 Å². The second-order valence-corrected chi connectivity index (χ2v) is 2.91. The van der Waals surface area contributed by atoms with Crippen LogP contribution in [0.15, 0.2) is 0 Å². The highest BCUT2D eigenvalue weighted by molar-refractivity contribution is 14.1. The molecular formula is C6H13FIN. The summed E-state index contributed by atoms with van der Waals surface area (Å²) in [6, 6.07) is 0. The van der Waals surface area contributed by atoms with Crippen molar-refractivity contribution in [2.75, 3.05) is 24.2 Å². The Labute approximate surface area is 69.5 Å². The summed E-state index contributed by atoms with van der Waals surface area (Å²) in [6.07, 6.45) is 2.41. The second kappa shape index (κ2) is 8.62. The summed E-state index contributed by atoms with van der Waals surface area (Å²) in [4.78, 5) is 0. The van der Waals surface area contributed by atoms with E-state index in [0.29, 0.717) is 6.54 Å². The second-order valence-electron chi connectivity index (χ2n) is 1.84. The van der Waals surface area contributed by atoms with Crippen LogP contribution in [0.3, 0.4) is 0 Å². The Hall–Kier alpha value is 0.620. The van der Waals surface area contributed by atoms with E-state index in [1.807, 2.05) is 0 Å². The quantitative estimate of drug-likeness (QED) is 0.427. The minimum atomic E-state index is -0.246. The van der Waals surface area contributed by atoms with Gasteiger partial charge in [-0.15, -0.1) is 0 Å². The van der Waals surface area contributed by atoms with Crippen LogP contribution in [0.5, 0.6) is 0 Å². The maximum absolute atomic E-state index is 11.4. The van der Waals surface area contributed by atoms with Gasteiger partial charge in [0, 0.05) is 6.54 Å². The highest BCUT2D eigenvalue weighted by atomic mass is 127. The average molecular weight is 245 g/mol. The molecule has 0 aliphatic heterocycles. The van der Waals surface area contributed by atoms with Gasteiger partial charge in [0.15, 0.2) is 0 Å². The van der Waals surface area contributed by atoms with Crippen LogP contribution in [0.1, 0.15) is 12.8 Å². The molecule has 0 saturated carbocycles. The molecule has 0 unspecified atom stereocenters. The maximum Gasteiger partial charge on any atom is 0.102 e. The van der Waals surface area contributed by atoms with Gasteiger partial charge in [-0.2, -0.15) is 0 Å². The van der Waals surface area contributed by atoms with Crippen molar-refractivity contribution in [3.8, 4) is 0 Å². The first-order valence-corrected chi connectivity index (χ1v) is 4.77. The number of nitrogens with one attached hydrogen (secondary N) is 1. The summed E-state index contributed by atoms with van der Waals surface area (Å²) in [5, 5.41) is 2.99. The van der Waals surface area contributed by atoms with Crippen molar-refractivity contribution in [1.29, 1.82) is 0 Å². The predicted molar refractivity (Wildman–Crippen MR) is 47.0 cm³/mol. The van der Waals surface area contributed by atoms with E-state index in [1.54, 1.807) is 0 Å². The zero-order valence-corrected chi connectivity index (χ0v) is 7.66. The molecule has 0 atom stereocenters. The average Bonchev–Trinajstić information content (AvgIpc) is 1.89. The van der Waals surface area contributed by atoms with Gasteiger partial charge in [-0.05, 0) is 23.8 Å². The largest absolute Gasteiger partial charge is 0.314 e. The van der Waals surface area contributed by atoms with Crippen molar-refractivity contribution < 1.29 is 4.39 Å². The van der Waals surface area contributed by atoms with Crippen molar-refractivity contribution in [3.63, 3.8) is 0 Å². The molecule has 0 saturated heterocycles. The molecule has 0 aromatic carbocycles. The molecule has 1 nitrogen and oxygen atoms in total. The first-order valence-electron chi connectivity index (χ1n) is 3.24. The standard InChI is InChI=1S/C6H13FIN/c7-3-6-9-5-2-1-4-8/h9H,1-6H2. The first kappa shape index (κ1) is 9.62. The zero-order valence-electron chi connectivity index (χ0n) is 5.50. The molecule has 0 aromatic rings. The number of halogens is 2. The smallest absolute Gasteiger partial charge is 0.102 e. The molecule has 0 radical (unpaired) electrons. The molecule has 0 spiro atoms. The Morgan fingerprint density at radius 3 is 2.56 bits per heavy atom. The summed E-state index contributed by atoms with van der Waals surface area (Å²) in [7, 11) is 0. The van der Waals surface area contributed by atoms with Gasteiger partial charge in [0.1, 0.15) is 6.67 Å². The van der Waals surface area contributed by atoms with Crippen molar-refractivity contribution in [2.24, 2.45) is 0 Å². The first-order chi connectivity index (χ1) is 4.41. The number of hydrogen-bond acceptors (Lipinski definition) is 1. The molecule has 0 heterocycles. The SMILES string of the molecule is FCCNCCCCI. The Bertz CT molecular complexity index is 46.3. The number of unbranched alkanes of at least 4 members (excludes halogenated alkanes) is 1. The summed E-state index contributed by atoms with van der Waals surface area (Å²) >= 11 is 2.35. The lowest BCUT2D eigenvalue weighted by molar-refractivity contribution is 0.465. The molecule has 3 heteroatoms. The fraction of sp³-hybridized carbons (Fsp3) is 1.00. The van der Waals surface area contributed by atoms with E-state index >= 15 is 0 Å². The normalized spacial score (nSPS) is 10.0. The number of alkyl halides is 2. The Kier molecular flexibility index (Phi) is 9.21. The van der Waals surface area contributed by atoms with Crippen LogP contribution < -0.4 is 5.32 Å². The summed E-state index contributed by atoms with van der Waals surface area (Å²) < 4.78 is 12.6. The molecule has 0 aliphatic carbocycles. The fourth-order valence-corrected chi connectivity index (χ4v) is 1.08. The van der Waals surface area contributed by atoms with Crippen LogP contribution in [0, 0.1) is 0 Å². The fourth-order valence-electron chi connectivity index (χ4n) is 0.536. The highest BCUT2D eigenvalue weighted by Crippen LogP contribution is 1.91. The molecule has 1 N–H and O–H groups in total. The molecular weight excluding hydrogens is 232 g/mol. The van der Waals surface area contributed by atoms with Gasteiger partial charge < -0.3 is 5.32 Å². The van der Waals surface area contributed by atoms with Gasteiger partial charge in [0.25, 0.3) is 0 Å². The van der Waals surface area contributed by atoms with Crippen LogP contribution in [0.4, 0.5) is 4.39 Å². The number of hydrogen-bond donors (Lipinski definition) is 1. The minimum absolute atomic E-state index is 0.246. The summed E-state index contributed by atoms with van der Waals surface area (Å²) in [5.41, 5.74) is 0. The van der Waals surface area contributed by atoms with Gasteiger partial charge >= 0.3 is 0 Å². The van der Waals surface area contributed by atoms with E-state index in [0.717, 1.165) is 6.54 Å². The van der Waals surface area contributed by atoms with Crippen molar-refractivity contribution in [2.45, 2.75) is 12.8 Å². The third kappa shape index (κ3) is 8.62. The molecule has 0 rings (SSSR count). The zero-order chi connectivity index (χ0) is 6.95. The third-order valence-electron chi connectivity index (χ3n) is 1.01. The lowest BCUT2D eigenvalue weighted by atomic mass is 10.3. The molecule has 9 heavy (non-hydrogen) atoms. The summed E-state index contributed by atoms with van der Waals surface area (Å²) in [5.74, 6) is 0. The van der Waals surface area contributed by atoms with E-state index in [9.17, 15) is 4.39 Å². The molecule has 0 bridgehead atoms. The maximum atomic E-state index is 11.4. The monoisotopic (exact) mass is 245 g/mol. The van der Waals surface area contributed by atoms with Gasteiger partial charge in [0.05, 0.1) is 0 Å². The molecule has 0 fully saturated rings. The van der Waals surface area contributed by atoms with Crippen LogP contribution in [-0.2, 0) is 0 Å². The van der Waals surface area contributed by atoms with Gasteiger partial charge in [-0.3, -0.25) is 0 Å². The van der Waals surface area contributed by atoms with Crippen molar-refractivity contribution in [3.05, 3.63) is 0 Å². The molecule has 0 aromatic heterocycles. The Morgan fingerprint density at radius 2 is 2.00 bits per heavy atom. The van der Waals surface area contributed by atoms with Crippen LogP contribution in [0.2, 0.25) is 0 Å². The van der Waals surface area contributed by atoms with Crippen LogP contribution in [0.25, 0.3) is 0 Å². The van der Waals surface area contributed by atoms with Crippen LogP contribution >= 0.6 is 22.6 Å². The topological polar surface area (TPSA) is 12.0 Å². The Morgan fingerprint density at radius 1 is 1.22 bits per heavy atom. The van der Waals surface area contributed by atoms with Crippen molar-refractivity contribution in [1.82, 2.24) is 5.32 Å². The van der Waals surface area contributed by atoms with E-state index in [2.05, 4.69) is 27.9 Å². The van der Waals surface area contributed by atoms with E-state index < -0.39 is 0 Å². The highest BCUT2D eigenvalue weighted by Gasteiger charge is 1.85. The van der Waals surface area contributed by atoms with Gasteiger partial charge in [0.2, 0.25) is 0 Å². The summed E-state index contributed by atoms with van der Waals surface area (Å²) in [6.45, 7) is 1.23. The lowest BCUT2D eigenvalue weighted by Crippen LogP contribution is -2.17. The Balaban J connectivity index is 2.60. The van der Waals surface area contributed by atoms with Crippen LogP contribution in [-0.4, -0.2) is 24.2 Å². The van der Waals surface area contributed by atoms with E-state index in [1.165, 1.54) is 17.3 Å². The predicted octanol–water partition coefficient (Wildman–Crippen LogP) is 1.76. The van der Waals surface area contributed by atoms with E-state index in [4.69, 9.17) is 0 Å². The van der Waals surface area contributed by atoms with Gasteiger partial charge in [-0.25, -0.2) is 4.39 Å². The number of rotatable bonds is 6. The molecule has 0 amide bonds. The molecule has 56 valence electrons. The van der Waals surface area contributed by atoms with E-state index in [-0.39, 0.29) is 6.67 Å².